The van der Waals surface area contributed by atoms with E-state index < -0.39 is 0 Å². The smallest absolute Gasteiger partial charge is 0.160 e. The molecule has 0 unspecified atom stereocenters. The second-order valence-electron chi connectivity index (χ2n) is 6.17. The Labute approximate surface area is 156 Å². The van der Waals surface area contributed by atoms with Crippen molar-refractivity contribution in [3.8, 4) is 5.75 Å². The summed E-state index contributed by atoms with van der Waals surface area (Å²) in [6, 6.07) is 13.7. The summed E-state index contributed by atoms with van der Waals surface area (Å²) >= 11 is 0. The molecule has 0 amide bonds. The van der Waals surface area contributed by atoms with Crippen molar-refractivity contribution in [2.24, 2.45) is 0 Å². The van der Waals surface area contributed by atoms with Crippen LogP contribution in [0.25, 0.3) is 0 Å². The number of anilines is 1. The van der Waals surface area contributed by atoms with Gasteiger partial charge in [-0.3, -0.25) is 4.79 Å². The first kappa shape index (κ1) is 19.7. The lowest BCUT2D eigenvalue weighted by Crippen LogP contribution is -1.97. The van der Waals surface area contributed by atoms with Crippen molar-refractivity contribution in [1.29, 1.82) is 0 Å². The molecule has 0 spiro atoms. The highest BCUT2D eigenvalue weighted by Gasteiger charge is 2.16. The van der Waals surface area contributed by atoms with Crippen LogP contribution in [0.3, 0.4) is 0 Å². The molecular formula is C22H24NO2P. The van der Waals surface area contributed by atoms with Gasteiger partial charge in [-0.05, 0) is 49.6 Å². The van der Waals surface area contributed by atoms with E-state index in [1.165, 1.54) is 18.1 Å². The summed E-state index contributed by atoms with van der Waals surface area (Å²) in [7, 11) is 0.900. The summed E-state index contributed by atoms with van der Waals surface area (Å²) in [6.07, 6.45) is 2.96. The quantitative estimate of drug-likeness (QED) is 0.455. The molecule has 4 heteroatoms. The van der Waals surface area contributed by atoms with E-state index in [0.717, 1.165) is 30.8 Å². The molecule has 0 fully saturated rings. The SMILES string of the molecule is C=C1P=C(c2ccc(N)c(O)c2)C=C1C(C)=O.CCc1ccc(C)cc1. The molecule has 3 nitrogen and oxygen atoms in total. The zero-order valence-corrected chi connectivity index (χ0v) is 16.3. The van der Waals surface area contributed by atoms with Crippen LogP contribution in [0.1, 0.15) is 30.5 Å². The summed E-state index contributed by atoms with van der Waals surface area (Å²) in [4.78, 5) is 11.3. The molecule has 26 heavy (non-hydrogen) atoms. The normalized spacial score (nSPS) is 13.4. The van der Waals surface area contributed by atoms with E-state index in [1.54, 1.807) is 12.1 Å². The molecule has 1 heterocycles. The minimum Gasteiger partial charge on any atom is -0.506 e. The van der Waals surface area contributed by atoms with Gasteiger partial charge in [0, 0.05) is 16.2 Å². The van der Waals surface area contributed by atoms with Crippen molar-refractivity contribution in [2.75, 3.05) is 5.73 Å². The third-order valence-corrected chi connectivity index (χ3v) is 5.22. The van der Waals surface area contributed by atoms with E-state index in [-0.39, 0.29) is 11.5 Å². The largest absolute Gasteiger partial charge is 0.506 e. The fourth-order valence-electron chi connectivity index (χ4n) is 2.44. The van der Waals surface area contributed by atoms with E-state index >= 15 is 0 Å². The number of hydrogen-bond donors (Lipinski definition) is 2. The highest BCUT2D eigenvalue weighted by molar-refractivity contribution is 7.47. The summed E-state index contributed by atoms with van der Waals surface area (Å²) in [5.41, 5.74) is 10.2. The number of phenols is 1. The minimum absolute atomic E-state index is 0.0113. The predicted octanol–water partition coefficient (Wildman–Crippen LogP) is 5.04. The van der Waals surface area contributed by atoms with Crippen LogP contribution in [0.5, 0.6) is 5.75 Å². The molecule has 0 aliphatic carbocycles. The number of nitrogen functional groups attached to an aromatic ring is 1. The number of ketones is 1. The topological polar surface area (TPSA) is 63.3 Å². The van der Waals surface area contributed by atoms with Crippen molar-refractivity contribution >= 4 is 25.0 Å². The molecule has 0 aromatic heterocycles. The van der Waals surface area contributed by atoms with Crippen molar-refractivity contribution < 1.29 is 9.90 Å². The van der Waals surface area contributed by atoms with Crippen molar-refractivity contribution in [2.45, 2.75) is 27.2 Å². The summed E-state index contributed by atoms with van der Waals surface area (Å²) in [6.45, 7) is 9.67. The fraction of sp³-hybridized carbons (Fsp3) is 0.182. The lowest BCUT2D eigenvalue weighted by atomic mass is 10.1. The number of aryl methyl sites for hydroxylation is 2. The molecular weight excluding hydrogens is 341 g/mol. The average molecular weight is 365 g/mol. The maximum absolute atomic E-state index is 11.3. The Morgan fingerprint density at radius 3 is 2.35 bits per heavy atom. The molecule has 3 rings (SSSR count). The Morgan fingerprint density at radius 1 is 1.19 bits per heavy atom. The number of carbonyl (C=O) groups is 1. The third kappa shape index (κ3) is 4.93. The zero-order valence-electron chi connectivity index (χ0n) is 15.4. The van der Waals surface area contributed by atoms with Gasteiger partial charge in [0.2, 0.25) is 0 Å². The third-order valence-electron chi connectivity index (χ3n) is 4.08. The van der Waals surface area contributed by atoms with Crippen molar-refractivity contribution in [3.05, 3.63) is 82.7 Å². The second-order valence-corrected chi connectivity index (χ2v) is 7.42. The molecule has 134 valence electrons. The number of hydrogen-bond acceptors (Lipinski definition) is 3. The molecule has 0 radical (unpaired) electrons. The van der Waals surface area contributed by atoms with Crippen LogP contribution >= 0.6 is 8.20 Å². The average Bonchev–Trinajstić information content (AvgIpc) is 3.01. The molecule has 0 bridgehead atoms. The van der Waals surface area contributed by atoms with E-state index in [2.05, 4.69) is 44.7 Å². The highest BCUT2D eigenvalue weighted by atomic mass is 31.1. The number of Topliss-reactive ketones (excluding diaryl/α,β-unsaturated/α-hetero) is 1. The predicted molar refractivity (Wildman–Crippen MR) is 112 cm³/mol. The van der Waals surface area contributed by atoms with Crippen LogP contribution in [-0.4, -0.2) is 16.2 Å². The van der Waals surface area contributed by atoms with Crippen LogP contribution < -0.4 is 5.73 Å². The molecule has 1 aliphatic rings. The number of aromatic hydroxyl groups is 1. The van der Waals surface area contributed by atoms with Gasteiger partial charge in [0.25, 0.3) is 0 Å². The van der Waals surface area contributed by atoms with Crippen LogP contribution in [-0.2, 0) is 11.2 Å². The Morgan fingerprint density at radius 2 is 1.85 bits per heavy atom. The molecule has 3 N–H and O–H groups in total. The van der Waals surface area contributed by atoms with Crippen LogP contribution in [0.15, 0.2) is 66.0 Å². The molecule has 0 saturated carbocycles. The number of carbonyl (C=O) groups excluding carboxylic acids is 1. The molecule has 2 aromatic rings. The number of nitrogens with two attached hydrogens (primary N) is 1. The maximum atomic E-state index is 11.3. The number of allylic oxidation sites excluding steroid dienone is 3. The summed E-state index contributed by atoms with van der Waals surface area (Å²) < 4.78 is 0. The van der Waals surface area contributed by atoms with Crippen LogP contribution in [0.4, 0.5) is 5.69 Å². The van der Waals surface area contributed by atoms with Gasteiger partial charge in [0.1, 0.15) is 5.75 Å². The maximum Gasteiger partial charge on any atom is 0.160 e. The molecule has 2 aromatic carbocycles. The van der Waals surface area contributed by atoms with Crippen molar-refractivity contribution in [1.82, 2.24) is 0 Å². The number of rotatable bonds is 3. The Hall–Kier alpha value is -2.64. The standard InChI is InChI=1S/C13H12NO2P.C9H12/c1-7(15)10-6-13(17-8(10)2)9-3-4-11(14)12(16)5-9;1-3-9-6-4-8(2)5-7-9/h3-6,16H,2,14H2,1H3;4-7H,3H2,1-2H3. The van der Waals surface area contributed by atoms with Gasteiger partial charge < -0.3 is 10.8 Å². The Kier molecular flexibility index (Phi) is 6.54. The molecule has 0 atom stereocenters. The van der Waals surface area contributed by atoms with Crippen LogP contribution in [0.2, 0.25) is 0 Å². The Bertz CT molecular complexity index is 893. The first-order chi connectivity index (χ1) is 12.3. The monoisotopic (exact) mass is 365 g/mol. The number of phenolic OH excluding ortho intramolecular Hbond substituents is 1. The minimum atomic E-state index is 0.0113. The fourth-order valence-corrected chi connectivity index (χ4v) is 3.53. The molecule has 1 aliphatic heterocycles. The Balaban J connectivity index is 0.000000228. The van der Waals surface area contributed by atoms with E-state index in [4.69, 9.17) is 5.73 Å². The summed E-state index contributed by atoms with van der Waals surface area (Å²) in [5, 5.41) is 11.3. The van der Waals surface area contributed by atoms with Crippen molar-refractivity contribution in [3.63, 3.8) is 0 Å². The van der Waals surface area contributed by atoms with E-state index in [1.807, 2.05) is 12.1 Å². The lowest BCUT2D eigenvalue weighted by molar-refractivity contribution is -0.113. The molecule has 0 saturated heterocycles. The number of benzene rings is 2. The van der Waals surface area contributed by atoms with Gasteiger partial charge in [-0.1, -0.05) is 57.6 Å². The van der Waals surface area contributed by atoms with E-state index in [9.17, 15) is 9.90 Å². The lowest BCUT2D eigenvalue weighted by Gasteiger charge is -2.02. The second kappa shape index (κ2) is 8.64. The zero-order chi connectivity index (χ0) is 19.3. The van der Waals surface area contributed by atoms with Gasteiger partial charge in [-0.25, -0.2) is 0 Å². The first-order valence-corrected chi connectivity index (χ1v) is 9.36. The van der Waals surface area contributed by atoms with Gasteiger partial charge in [0.05, 0.1) is 5.69 Å². The summed E-state index contributed by atoms with van der Waals surface area (Å²) in [5.74, 6) is 0.0673. The highest BCUT2D eigenvalue weighted by Crippen LogP contribution is 2.34. The van der Waals surface area contributed by atoms with Gasteiger partial charge in [-0.2, -0.15) is 0 Å². The van der Waals surface area contributed by atoms with Gasteiger partial charge in [0.15, 0.2) is 5.78 Å². The van der Waals surface area contributed by atoms with Gasteiger partial charge in [-0.15, -0.1) is 0 Å². The van der Waals surface area contributed by atoms with E-state index in [0.29, 0.717) is 11.3 Å². The first-order valence-electron chi connectivity index (χ1n) is 8.46. The van der Waals surface area contributed by atoms with Gasteiger partial charge >= 0.3 is 0 Å². The van der Waals surface area contributed by atoms with Crippen LogP contribution in [0, 0.1) is 6.92 Å².